The van der Waals surface area contributed by atoms with E-state index in [4.69, 9.17) is 15.0 Å². The summed E-state index contributed by atoms with van der Waals surface area (Å²) in [5.41, 5.74) is 0. The fraction of sp³-hybridized carbons (Fsp3) is 0. The molecule has 0 spiro atoms. The number of rotatable bonds is 0. The van der Waals surface area contributed by atoms with Crippen LogP contribution in [0.4, 0.5) is 4.79 Å². The Labute approximate surface area is 90.7 Å². The van der Waals surface area contributed by atoms with Crippen LogP contribution in [0.3, 0.4) is 0 Å². The Bertz CT molecular complexity index is 37.9. The van der Waals surface area contributed by atoms with Crippen LogP contribution in [0.2, 0.25) is 0 Å². The SMILES string of the molecule is O=C([O-])[O-].[Ca+2].[S-2].[Zn+2]. The van der Waals surface area contributed by atoms with Crippen LogP contribution in [-0.4, -0.2) is 43.9 Å². The van der Waals surface area contributed by atoms with Gasteiger partial charge in [-0.05, 0) is 6.16 Å². The Morgan fingerprint density at radius 3 is 1.29 bits per heavy atom. The van der Waals surface area contributed by atoms with Gasteiger partial charge >= 0.3 is 57.2 Å². The fourth-order valence-electron chi connectivity index (χ4n) is 0. The summed E-state index contributed by atoms with van der Waals surface area (Å²) in [6, 6.07) is 0. The summed E-state index contributed by atoms with van der Waals surface area (Å²) in [6.07, 6.45) is -2.33. The Kier molecular flexibility index (Phi) is 52.8. The summed E-state index contributed by atoms with van der Waals surface area (Å²) in [4.78, 5) is 8.33. The van der Waals surface area contributed by atoms with E-state index in [0.29, 0.717) is 0 Å². The van der Waals surface area contributed by atoms with E-state index in [1.165, 1.54) is 0 Å². The summed E-state index contributed by atoms with van der Waals surface area (Å²) in [5, 5.41) is 16.7. The standard InChI is InChI=1S/CH2O3.Ca.S.Zn/c2-1(3)4;;;/h(H2,2,3,4);;;/q;+2;-2;+2/p-2. The van der Waals surface area contributed by atoms with Crippen molar-refractivity contribution in [2.75, 3.05) is 0 Å². The van der Waals surface area contributed by atoms with Gasteiger partial charge in [0.05, 0.1) is 0 Å². The molecule has 6 heteroatoms. The van der Waals surface area contributed by atoms with E-state index in [-0.39, 0.29) is 70.7 Å². The van der Waals surface area contributed by atoms with Gasteiger partial charge in [-0.25, -0.2) is 0 Å². The van der Waals surface area contributed by atoms with Gasteiger partial charge in [-0.2, -0.15) is 0 Å². The van der Waals surface area contributed by atoms with Gasteiger partial charge in [-0.15, -0.1) is 0 Å². The molecule has 0 unspecified atom stereocenters. The molecule has 0 aromatic carbocycles. The van der Waals surface area contributed by atoms with Gasteiger partial charge in [0.25, 0.3) is 0 Å². The van der Waals surface area contributed by atoms with Crippen LogP contribution in [-0.2, 0) is 33.0 Å². The van der Waals surface area contributed by atoms with E-state index in [9.17, 15) is 0 Å². The molecule has 32 valence electrons. The fourth-order valence-corrected chi connectivity index (χ4v) is 0. The van der Waals surface area contributed by atoms with Crippen LogP contribution in [0.1, 0.15) is 0 Å². The average molecular weight is 198 g/mol. The average Bonchev–Trinajstić information content (AvgIpc) is 0.811. The number of carboxylic acid groups (broad SMARTS) is 2. The minimum atomic E-state index is -2.33. The van der Waals surface area contributed by atoms with Crippen LogP contribution in [0, 0.1) is 0 Å². The third kappa shape index (κ3) is 101. The zero-order chi connectivity index (χ0) is 3.58. The quantitative estimate of drug-likeness (QED) is 0.393. The summed E-state index contributed by atoms with van der Waals surface area (Å²) in [6.45, 7) is 0. The molecule has 7 heavy (non-hydrogen) atoms. The molecule has 0 atom stereocenters. The molecule has 0 radical (unpaired) electrons. The van der Waals surface area contributed by atoms with Crippen molar-refractivity contribution in [1.82, 2.24) is 0 Å². The molecule has 0 aliphatic heterocycles. The maximum atomic E-state index is 8.33. The molecule has 0 heterocycles. The van der Waals surface area contributed by atoms with Crippen LogP contribution in [0.15, 0.2) is 0 Å². The van der Waals surface area contributed by atoms with Crippen molar-refractivity contribution in [1.29, 1.82) is 0 Å². The number of carbonyl (C=O) groups is 1. The normalized spacial score (nSPS) is 3.43. The predicted molar refractivity (Wildman–Crippen MR) is 18.5 cm³/mol. The van der Waals surface area contributed by atoms with Gasteiger partial charge in [-0.1, -0.05) is 0 Å². The molecule has 3 nitrogen and oxygen atoms in total. The molecule has 0 saturated carbocycles. The molecule has 0 aromatic heterocycles. The first-order chi connectivity index (χ1) is 1.73. The molecule has 0 aromatic rings. The first-order valence-corrected chi connectivity index (χ1v) is 0.612. The Morgan fingerprint density at radius 2 is 1.29 bits per heavy atom. The summed E-state index contributed by atoms with van der Waals surface area (Å²) < 4.78 is 0. The van der Waals surface area contributed by atoms with E-state index in [1.54, 1.807) is 0 Å². The van der Waals surface area contributed by atoms with Gasteiger partial charge in [0.1, 0.15) is 0 Å². The van der Waals surface area contributed by atoms with Crippen LogP contribution < -0.4 is 10.2 Å². The second kappa shape index (κ2) is 15.6. The molecule has 0 N–H and O–H groups in total. The Hall–Kier alpha value is 1.50. The number of carbonyl (C=O) groups excluding carboxylic acids is 1. The minimum absolute atomic E-state index is 0. The van der Waals surface area contributed by atoms with Crippen molar-refractivity contribution in [2.45, 2.75) is 0 Å². The topological polar surface area (TPSA) is 63.2 Å². The third-order valence-corrected chi connectivity index (χ3v) is 0. The summed E-state index contributed by atoms with van der Waals surface area (Å²) >= 11 is 0. The second-order valence-corrected chi connectivity index (χ2v) is 0.250. The van der Waals surface area contributed by atoms with Gasteiger partial charge in [0.2, 0.25) is 0 Å². The van der Waals surface area contributed by atoms with Gasteiger partial charge in [0, 0.05) is 0 Å². The Morgan fingerprint density at radius 1 is 1.29 bits per heavy atom. The molecule has 0 amide bonds. The van der Waals surface area contributed by atoms with Crippen LogP contribution in [0.5, 0.6) is 0 Å². The molecule has 0 aliphatic carbocycles. The van der Waals surface area contributed by atoms with Gasteiger partial charge in [0.15, 0.2) is 0 Å². The molecule has 0 bridgehead atoms. The van der Waals surface area contributed by atoms with Gasteiger partial charge in [-0.3, -0.25) is 0 Å². The third-order valence-electron chi connectivity index (χ3n) is 0. The predicted octanol–water partition coefficient (Wildman–Crippen LogP) is -2.83. The molecular weight excluding hydrogens is 198 g/mol. The van der Waals surface area contributed by atoms with E-state index in [1.807, 2.05) is 0 Å². The van der Waals surface area contributed by atoms with Crippen molar-refractivity contribution in [3.63, 3.8) is 0 Å². The van der Waals surface area contributed by atoms with E-state index in [0.717, 1.165) is 0 Å². The number of hydrogen-bond donors (Lipinski definition) is 0. The van der Waals surface area contributed by atoms with Crippen molar-refractivity contribution in [2.24, 2.45) is 0 Å². The first-order valence-electron chi connectivity index (χ1n) is 0.612. The monoisotopic (exact) mass is 196 g/mol. The van der Waals surface area contributed by atoms with Crippen LogP contribution in [0.25, 0.3) is 0 Å². The Balaban J connectivity index is -0.0000000150. The number of hydrogen-bond acceptors (Lipinski definition) is 3. The van der Waals surface area contributed by atoms with Gasteiger partial charge < -0.3 is 28.5 Å². The molecule has 0 rings (SSSR count). The molecule has 0 aliphatic rings. The second-order valence-electron chi connectivity index (χ2n) is 0.250. The zero-order valence-electron chi connectivity index (χ0n) is 3.55. The van der Waals surface area contributed by atoms with E-state index in [2.05, 4.69) is 0 Å². The van der Waals surface area contributed by atoms with Crippen molar-refractivity contribution >= 4 is 57.4 Å². The summed E-state index contributed by atoms with van der Waals surface area (Å²) in [5.74, 6) is 0. The van der Waals surface area contributed by atoms with E-state index >= 15 is 0 Å². The maximum Gasteiger partial charge on any atom is 2.00 e. The van der Waals surface area contributed by atoms with Crippen LogP contribution >= 0.6 is 0 Å². The molecule has 0 fully saturated rings. The van der Waals surface area contributed by atoms with Crippen molar-refractivity contribution in [3.8, 4) is 0 Å². The maximum absolute atomic E-state index is 8.33. The molecular formula is CCaO3SZn. The first kappa shape index (κ1) is 23.6. The zero-order valence-corrected chi connectivity index (χ0v) is 9.54. The smallest absolute Gasteiger partial charge is 2.00 e. The summed E-state index contributed by atoms with van der Waals surface area (Å²) in [7, 11) is 0. The largest absolute Gasteiger partial charge is 2.00 e. The minimum Gasteiger partial charge on any atom is -2.00 e. The van der Waals surface area contributed by atoms with Crippen molar-refractivity contribution < 1.29 is 34.5 Å². The molecule has 0 saturated heterocycles. The van der Waals surface area contributed by atoms with Crippen molar-refractivity contribution in [3.05, 3.63) is 0 Å². The van der Waals surface area contributed by atoms with E-state index < -0.39 is 6.16 Å².